The number of aromatic nitrogens is 1. The molecule has 3 rings (SSSR count). The van der Waals surface area contributed by atoms with Crippen LogP contribution in [0.25, 0.3) is 10.9 Å². The second-order valence-corrected chi connectivity index (χ2v) is 10.4. The molecule has 0 bridgehead atoms. The minimum atomic E-state index is -0.513. The Balaban J connectivity index is 1.90. The maximum Gasteiger partial charge on any atom is 0.270 e. The van der Waals surface area contributed by atoms with Crippen molar-refractivity contribution in [3.63, 3.8) is 0 Å². The highest BCUT2D eigenvalue weighted by atomic mass is 16.5. The topological polar surface area (TPSA) is 90.0 Å². The summed E-state index contributed by atoms with van der Waals surface area (Å²) in [6.45, 7) is 12.4. The molecule has 0 radical (unpaired) electrons. The lowest BCUT2D eigenvalue weighted by Crippen LogP contribution is -2.49. The van der Waals surface area contributed by atoms with E-state index in [2.05, 4.69) is 29.0 Å². The zero-order valence-electron chi connectivity index (χ0n) is 21.8. The Labute approximate surface area is 208 Å². The highest BCUT2D eigenvalue weighted by Crippen LogP contribution is 2.32. The molecule has 0 unspecified atom stereocenters. The number of ether oxygens (including phenoxy) is 3. The minimum absolute atomic E-state index is 0.0213. The van der Waals surface area contributed by atoms with E-state index in [1.54, 1.807) is 19.2 Å². The SMILES string of the molecule is COCCOc1cc(C(=O)N[C@@H]2CCCN(C(C)C)C2)nc2c(OCC(=O)C(C)(C)C)cccc12. The van der Waals surface area contributed by atoms with E-state index in [4.69, 9.17) is 14.2 Å². The smallest absolute Gasteiger partial charge is 0.270 e. The van der Waals surface area contributed by atoms with Crippen molar-refractivity contribution >= 4 is 22.6 Å². The lowest BCUT2D eigenvalue weighted by Gasteiger charge is -2.35. The Bertz CT molecular complexity index is 1030. The fourth-order valence-corrected chi connectivity index (χ4v) is 3.99. The number of likely N-dealkylation sites (tertiary alicyclic amines) is 1. The van der Waals surface area contributed by atoms with Crippen LogP contribution >= 0.6 is 0 Å². The molecule has 1 aliphatic rings. The summed E-state index contributed by atoms with van der Waals surface area (Å²) in [5.41, 5.74) is 0.230. The van der Waals surface area contributed by atoms with E-state index in [1.807, 2.05) is 32.9 Å². The van der Waals surface area contributed by atoms with Gasteiger partial charge < -0.3 is 19.5 Å². The first-order valence-corrected chi connectivity index (χ1v) is 12.4. The lowest BCUT2D eigenvalue weighted by atomic mass is 9.91. The molecule has 1 fully saturated rings. The van der Waals surface area contributed by atoms with Crippen LogP contribution in [0.2, 0.25) is 0 Å². The van der Waals surface area contributed by atoms with Gasteiger partial charge in [0, 0.05) is 42.6 Å². The number of hydrogen-bond acceptors (Lipinski definition) is 7. The van der Waals surface area contributed by atoms with Crippen LogP contribution in [0.1, 0.15) is 57.9 Å². The van der Waals surface area contributed by atoms with Crippen LogP contribution in [0.15, 0.2) is 24.3 Å². The van der Waals surface area contributed by atoms with Gasteiger partial charge in [-0.25, -0.2) is 4.98 Å². The Morgan fingerprint density at radius 2 is 1.94 bits per heavy atom. The lowest BCUT2D eigenvalue weighted by molar-refractivity contribution is -0.128. The van der Waals surface area contributed by atoms with Gasteiger partial charge in [0.25, 0.3) is 5.91 Å². The fourth-order valence-electron chi connectivity index (χ4n) is 3.99. The summed E-state index contributed by atoms with van der Waals surface area (Å²) < 4.78 is 16.9. The third kappa shape index (κ3) is 7.15. The van der Waals surface area contributed by atoms with Gasteiger partial charge in [-0.3, -0.25) is 14.5 Å². The average molecular weight is 486 g/mol. The number of pyridine rings is 1. The van der Waals surface area contributed by atoms with Crippen LogP contribution in [0.4, 0.5) is 0 Å². The number of ketones is 1. The van der Waals surface area contributed by atoms with E-state index in [0.717, 1.165) is 25.9 Å². The first-order valence-electron chi connectivity index (χ1n) is 12.4. The first kappa shape index (κ1) is 26.9. The van der Waals surface area contributed by atoms with Gasteiger partial charge in [0.2, 0.25) is 0 Å². The second kappa shape index (κ2) is 11.8. The number of nitrogens with one attached hydrogen (secondary N) is 1. The van der Waals surface area contributed by atoms with Crippen molar-refractivity contribution in [3.05, 3.63) is 30.0 Å². The molecule has 8 heteroatoms. The van der Waals surface area contributed by atoms with Crippen LogP contribution in [0, 0.1) is 5.41 Å². The minimum Gasteiger partial charge on any atom is -0.490 e. The number of benzene rings is 1. The Morgan fingerprint density at radius 1 is 1.17 bits per heavy atom. The third-order valence-electron chi connectivity index (χ3n) is 6.26. The number of amides is 1. The van der Waals surface area contributed by atoms with E-state index in [0.29, 0.717) is 41.7 Å². The normalized spacial score (nSPS) is 16.9. The number of para-hydroxylation sites is 1. The van der Waals surface area contributed by atoms with Crippen molar-refractivity contribution in [1.29, 1.82) is 0 Å². The molecular weight excluding hydrogens is 446 g/mol. The molecule has 8 nitrogen and oxygen atoms in total. The molecular formula is C27H39N3O5. The number of fused-ring (bicyclic) bond motifs is 1. The molecule has 1 amide bonds. The average Bonchev–Trinajstić information content (AvgIpc) is 2.82. The molecule has 1 aromatic carbocycles. The van der Waals surface area contributed by atoms with Crippen molar-refractivity contribution in [2.24, 2.45) is 5.41 Å². The van der Waals surface area contributed by atoms with E-state index in [1.165, 1.54) is 0 Å². The largest absolute Gasteiger partial charge is 0.490 e. The number of Topliss-reactive ketones (excluding diaryl/α,β-unsaturated/α-hetero) is 1. The summed E-state index contributed by atoms with van der Waals surface area (Å²) in [6, 6.07) is 7.61. The molecule has 1 atom stereocenters. The Kier molecular flexibility index (Phi) is 9.08. The summed E-state index contributed by atoms with van der Waals surface area (Å²) in [6.07, 6.45) is 1.97. The van der Waals surface area contributed by atoms with Gasteiger partial charge in [-0.15, -0.1) is 0 Å². The van der Waals surface area contributed by atoms with Crippen LogP contribution in [-0.4, -0.2) is 73.7 Å². The monoisotopic (exact) mass is 485 g/mol. The van der Waals surface area contributed by atoms with Crippen molar-refractivity contribution in [2.45, 2.75) is 59.5 Å². The third-order valence-corrected chi connectivity index (χ3v) is 6.26. The number of methoxy groups -OCH3 is 1. The van der Waals surface area contributed by atoms with E-state index < -0.39 is 5.41 Å². The molecule has 1 saturated heterocycles. The number of nitrogens with zero attached hydrogens (tertiary/aromatic N) is 2. The van der Waals surface area contributed by atoms with Crippen LogP contribution < -0.4 is 14.8 Å². The van der Waals surface area contributed by atoms with Gasteiger partial charge in [-0.2, -0.15) is 0 Å². The molecule has 2 heterocycles. The highest BCUT2D eigenvalue weighted by molar-refractivity contribution is 5.98. The summed E-state index contributed by atoms with van der Waals surface area (Å²) in [7, 11) is 1.61. The number of carbonyl (C=O) groups is 2. The molecule has 35 heavy (non-hydrogen) atoms. The maximum atomic E-state index is 13.3. The van der Waals surface area contributed by atoms with Crippen LogP contribution in [0.5, 0.6) is 11.5 Å². The molecule has 0 saturated carbocycles. The van der Waals surface area contributed by atoms with Crippen LogP contribution in [0.3, 0.4) is 0 Å². The molecule has 0 spiro atoms. The van der Waals surface area contributed by atoms with Gasteiger partial charge in [0.05, 0.1) is 6.61 Å². The predicted octanol–water partition coefficient (Wildman–Crippen LogP) is 3.86. The summed E-state index contributed by atoms with van der Waals surface area (Å²) in [5, 5.41) is 3.86. The van der Waals surface area contributed by atoms with Gasteiger partial charge in [-0.1, -0.05) is 26.8 Å². The zero-order valence-corrected chi connectivity index (χ0v) is 21.8. The van der Waals surface area contributed by atoms with E-state index in [-0.39, 0.29) is 30.0 Å². The Hall–Kier alpha value is -2.71. The molecule has 1 aromatic heterocycles. The predicted molar refractivity (Wildman–Crippen MR) is 136 cm³/mol. The number of carbonyl (C=O) groups excluding carboxylic acids is 2. The van der Waals surface area contributed by atoms with Crippen LogP contribution in [-0.2, 0) is 9.53 Å². The molecule has 2 aromatic rings. The number of piperidine rings is 1. The van der Waals surface area contributed by atoms with Gasteiger partial charge in [0.15, 0.2) is 5.78 Å². The van der Waals surface area contributed by atoms with Gasteiger partial charge >= 0.3 is 0 Å². The van der Waals surface area contributed by atoms with Crippen molar-refractivity contribution in [3.8, 4) is 11.5 Å². The zero-order chi connectivity index (χ0) is 25.6. The first-order chi connectivity index (χ1) is 16.6. The van der Waals surface area contributed by atoms with E-state index in [9.17, 15) is 9.59 Å². The summed E-state index contributed by atoms with van der Waals surface area (Å²) >= 11 is 0. The summed E-state index contributed by atoms with van der Waals surface area (Å²) in [5.74, 6) is 0.693. The number of hydrogen-bond donors (Lipinski definition) is 1. The fraction of sp³-hybridized carbons (Fsp3) is 0.593. The number of rotatable bonds is 10. The van der Waals surface area contributed by atoms with Gasteiger partial charge in [0.1, 0.15) is 35.9 Å². The van der Waals surface area contributed by atoms with E-state index >= 15 is 0 Å². The van der Waals surface area contributed by atoms with Crippen molar-refractivity contribution in [2.75, 3.05) is 40.0 Å². The van der Waals surface area contributed by atoms with Crippen molar-refractivity contribution in [1.82, 2.24) is 15.2 Å². The second-order valence-electron chi connectivity index (χ2n) is 10.4. The Morgan fingerprint density at radius 3 is 2.63 bits per heavy atom. The molecule has 1 aliphatic heterocycles. The van der Waals surface area contributed by atoms with Crippen molar-refractivity contribution < 1.29 is 23.8 Å². The summed E-state index contributed by atoms with van der Waals surface area (Å²) in [4.78, 5) is 32.7. The molecule has 192 valence electrons. The molecule has 1 N–H and O–H groups in total. The highest BCUT2D eigenvalue weighted by Gasteiger charge is 2.25. The van der Waals surface area contributed by atoms with Gasteiger partial charge in [-0.05, 0) is 45.4 Å². The maximum absolute atomic E-state index is 13.3. The standard InChI is InChI=1S/C27H39N3O5/c1-18(2)30-12-8-9-19(16-30)28-26(32)21-15-23(34-14-13-33-6)20-10-7-11-22(25(20)29-21)35-17-24(31)27(3,4)5/h7,10-11,15,18-19H,8-9,12-14,16-17H2,1-6H3,(H,28,32)/t19-/m1/s1. The molecule has 0 aliphatic carbocycles. The quantitative estimate of drug-likeness (QED) is 0.511.